The monoisotopic (exact) mass is 486 g/mol. The Kier molecular flexibility index (Phi) is 5.99. The summed E-state index contributed by atoms with van der Waals surface area (Å²) >= 11 is 0. The molecule has 0 radical (unpaired) electrons. The summed E-state index contributed by atoms with van der Waals surface area (Å²) < 4.78 is 23.5. The van der Waals surface area contributed by atoms with Gasteiger partial charge in [-0.3, -0.25) is 4.68 Å². The van der Waals surface area contributed by atoms with E-state index in [0.29, 0.717) is 40.9 Å². The minimum absolute atomic E-state index is 0.0603. The first kappa shape index (κ1) is 23.2. The van der Waals surface area contributed by atoms with E-state index in [-0.39, 0.29) is 17.8 Å². The quantitative estimate of drug-likeness (QED) is 0.334. The van der Waals surface area contributed by atoms with E-state index in [2.05, 4.69) is 22.9 Å². The zero-order chi connectivity index (χ0) is 24.8. The number of aromatic nitrogens is 6. The van der Waals surface area contributed by atoms with Crippen molar-refractivity contribution in [2.24, 2.45) is 0 Å². The Morgan fingerprint density at radius 3 is 2.67 bits per heavy atom. The third-order valence-electron chi connectivity index (χ3n) is 7.35. The van der Waals surface area contributed by atoms with E-state index in [1.165, 1.54) is 12.8 Å². The molecule has 1 aliphatic heterocycles. The van der Waals surface area contributed by atoms with Crippen LogP contribution in [-0.2, 0) is 11.2 Å². The van der Waals surface area contributed by atoms with E-state index in [1.807, 2.05) is 32.2 Å². The first-order chi connectivity index (χ1) is 17.5. The van der Waals surface area contributed by atoms with Crippen molar-refractivity contribution in [3.05, 3.63) is 64.7 Å². The minimum Gasteiger partial charge on any atom is -0.373 e. The Morgan fingerprint density at radius 2 is 1.89 bits per heavy atom. The number of hydrogen-bond donors (Lipinski definition) is 0. The first-order valence-corrected chi connectivity index (χ1v) is 13.0. The lowest BCUT2D eigenvalue weighted by Gasteiger charge is -2.28. The van der Waals surface area contributed by atoms with Crippen LogP contribution in [0.25, 0.3) is 22.4 Å². The van der Waals surface area contributed by atoms with Gasteiger partial charge in [0.1, 0.15) is 22.9 Å². The third-order valence-corrected chi connectivity index (χ3v) is 7.35. The topological polar surface area (TPSA) is 78.6 Å². The number of hydrogen-bond acceptors (Lipinski definition) is 6. The molecule has 1 saturated heterocycles. The van der Waals surface area contributed by atoms with Gasteiger partial charge in [0, 0.05) is 29.8 Å². The summed E-state index contributed by atoms with van der Waals surface area (Å²) in [4.78, 5) is 19.3. The number of nitrogens with zero attached hydrogens (tertiary/aromatic N) is 6. The summed E-state index contributed by atoms with van der Waals surface area (Å²) in [6.45, 7) is 6.53. The van der Waals surface area contributed by atoms with Gasteiger partial charge in [-0.05, 0) is 63.6 Å². The number of benzene rings is 1. The first-order valence-electron chi connectivity index (χ1n) is 13.0. The number of ether oxygens (including phenoxy) is 1. The van der Waals surface area contributed by atoms with E-state index in [9.17, 15) is 0 Å². The van der Waals surface area contributed by atoms with E-state index in [4.69, 9.17) is 24.7 Å². The SMILES string of the molecule is CCCc1ccc(-c2nc([C@H]3CCO[C@H](c4cnn(C5CC5)c4)C3)nc3nc(C)c(C)nc23)c(F)c1. The van der Waals surface area contributed by atoms with Crippen LogP contribution in [0.3, 0.4) is 0 Å². The van der Waals surface area contributed by atoms with Crippen LogP contribution in [0.2, 0.25) is 0 Å². The average Bonchev–Trinajstić information content (AvgIpc) is 3.61. The molecule has 1 aliphatic carbocycles. The molecule has 4 heterocycles. The smallest absolute Gasteiger partial charge is 0.182 e. The average molecular weight is 487 g/mol. The van der Waals surface area contributed by atoms with Gasteiger partial charge >= 0.3 is 0 Å². The summed E-state index contributed by atoms with van der Waals surface area (Å²) in [7, 11) is 0. The summed E-state index contributed by atoms with van der Waals surface area (Å²) in [6.07, 6.45) is 9.71. The van der Waals surface area contributed by atoms with Crippen LogP contribution in [0.15, 0.2) is 30.6 Å². The van der Waals surface area contributed by atoms with Gasteiger partial charge in [-0.1, -0.05) is 19.4 Å². The summed E-state index contributed by atoms with van der Waals surface area (Å²) in [5.41, 5.74) is 5.69. The molecule has 186 valence electrons. The van der Waals surface area contributed by atoms with Gasteiger partial charge in [-0.25, -0.2) is 24.3 Å². The fourth-order valence-corrected chi connectivity index (χ4v) is 5.02. The molecule has 2 fully saturated rings. The minimum atomic E-state index is -0.288. The van der Waals surface area contributed by atoms with Crippen LogP contribution in [-0.4, -0.2) is 36.3 Å². The lowest BCUT2D eigenvalue weighted by molar-refractivity contribution is 0.00396. The van der Waals surface area contributed by atoms with Gasteiger partial charge < -0.3 is 4.74 Å². The predicted octanol–water partition coefficient (Wildman–Crippen LogP) is 5.96. The van der Waals surface area contributed by atoms with E-state index in [0.717, 1.165) is 48.2 Å². The van der Waals surface area contributed by atoms with Gasteiger partial charge in [0.2, 0.25) is 0 Å². The molecular weight excluding hydrogens is 455 g/mol. The van der Waals surface area contributed by atoms with Gasteiger partial charge in [-0.2, -0.15) is 5.10 Å². The molecule has 7 nitrogen and oxygen atoms in total. The third kappa shape index (κ3) is 4.39. The summed E-state index contributed by atoms with van der Waals surface area (Å²) in [5.74, 6) is 0.459. The van der Waals surface area contributed by atoms with Crippen molar-refractivity contribution >= 4 is 11.2 Å². The van der Waals surface area contributed by atoms with Crippen LogP contribution in [0, 0.1) is 19.7 Å². The Balaban J connectivity index is 1.40. The van der Waals surface area contributed by atoms with Crippen molar-refractivity contribution in [2.45, 2.75) is 77.4 Å². The second-order valence-electron chi connectivity index (χ2n) is 10.1. The largest absolute Gasteiger partial charge is 0.373 e. The molecule has 4 aromatic rings. The van der Waals surface area contributed by atoms with Gasteiger partial charge in [0.15, 0.2) is 5.65 Å². The second-order valence-corrected chi connectivity index (χ2v) is 10.1. The summed E-state index contributed by atoms with van der Waals surface area (Å²) in [6, 6.07) is 5.95. The van der Waals surface area contributed by atoms with Gasteiger partial charge in [0.05, 0.1) is 29.7 Å². The summed E-state index contributed by atoms with van der Waals surface area (Å²) in [5, 5.41) is 4.54. The highest BCUT2D eigenvalue weighted by Gasteiger charge is 2.31. The molecule has 0 bridgehead atoms. The molecule has 0 unspecified atom stereocenters. The Bertz CT molecular complexity index is 1430. The fraction of sp³-hybridized carbons (Fsp3) is 0.464. The van der Waals surface area contributed by atoms with Crippen molar-refractivity contribution in [2.75, 3.05) is 6.61 Å². The van der Waals surface area contributed by atoms with Crippen LogP contribution in [0.5, 0.6) is 0 Å². The molecule has 3 aromatic heterocycles. The molecule has 0 spiro atoms. The van der Waals surface area contributed by atoms with Crippen molar-refractivity contribution in [1.82, 2.24) is 29.7 Å². The molecule has 2 atom stereocenters. The highest BCUT2D eigenvalue weighted by Crippen LogP contribution is 2.40. The molecular formula is C28H31FN6O. The number of rotatable bonds is 6. The standard InChI is InChI=1S/C28H31FN6O/c1-4-5-18-6-9-22(23(29)12-18)25-26-28(32-17(3)16(2)31-26)34-27(33-25)19-10-11-36-24(13-19)20-14-30-35(15-20)21-7-8-21/h6,9,12,14-15,19,21,24H,4-5,7-8,10-11,13H2,1-3H3/t19-,24-/m0/s1. The zero-order valence-electron chi connectivity index (χ0n) is 21.0. The van der Waals surface area contributed by atoms with Crippen molar-refractivity contribution in [3.63, 3.8) is 0 Å². The lowest BCUT2D eigenvalue weighted by Crippen LogP contribution is -2.20. The highest BCUT2D eigenvalue weighted by atomic mass is 19.1. The zero-order valence-corrected chi connectivity index (χ0v) is 21.0. The molecule has 1 aromatic carbocycles. The maximum Gasteiger partial charge on any atom is 0.182 e. The Hall–Kier alpha value is -3.26. The van der Waals surface area contributed by atoms with E-state index < -0.39 is 0 Å². The predicted molar refractivity (Wildman–Crippen MR) is 135 cm³/mol. The molecule has 36 heavy (non-hydrogen) atoms. The Labute approximate surface area is 210 Å². The van der Waals surface area contributed by atoms with Gasteiger partial charge in [0.25, 0.3) is 0 Å². The van der Waals surface area contributed by atoms with Crippen molar-refractivity contribution in [3.8, 4) is 11.3 Å². The number of fused-ring (bicyclic) bond motifs is 1. The number of aryl methyl sites for hydroxylation is 3. The lowest BCUT2D eigenvalue weighted by atomic mass is 9.92. The van der Waals surface area contributed by atoms with Crippen LogP contribution in [0.4, 0.5) is 4.39 Å². The van der Waals surface area contributed by atoms with E-state index in [1.54, 1.807) is 6.07 Å². The van der Waals surface area contributed by atoms with Crippen LogP contribution >= 0.6 is 0 Å². The number of halogens is 1. The second kappa shape index (κ2) is 9.32. The van der Waals surface area contributed by atoms with Crippen molar-refractivity contribution in [1.29, 1.82) is 0 Å². The molecule has 6 rings (SSSR count). The molecule has 0 N–H and O–H groups in total. The molecule has 8 heteroatoms. The van der Waals surface area contributed by atoms with Gasteiger partial charge in [-0.15, -0.1) is 0 Å². The molecule has 0 amide bonds. The normalized spacial score (nSPS) is 20.2. The van der Waals surface area contributed by atoms with Crippen LogP contribution < -0.4 is 0 Å². The van der Waals surface area contributed by atoms with E-state index >= 15 is 4.39 Å². The van der Waals surface area contributed by atoms with Crippen LogP contribution in [0.1, 0.15) is 85.4 Å². The maximum absolute atomic E-state index is 15.4. The maximum atomic E-state index is 15.4. The van der Waals surface area contributed by atoms with Crippen molar-refractivity contribution < 1.29 is 9.13 Å². The molecule has 1 saturated carbocycles. The fourth-order valence-electron chi connectivity index (χ4n) is 5.02. The highest BCUT2D eigenvalue weighted by molar-refractivity contribution is 5.87. The molecule has 2 aliphatic rings. The Morgan fingerprint density at radius 1 is 1.06 bits per heavy atom.